The van der Waals surface area contributed by atoms with Crippen LogP contribution in [-0.4, -0.2) is 78.4 Å². The summed E-state index contributed by atoms with van der Waals surface area (Å²) in [5, 5.41) is 9.04. The number of hydrogen-bond donors (Lipinski definition) is 1. The Labute approximate surface area is 145 Å². The van der Waals surface area contributed by atoms with Crippen LogP contribution in [0.4, 0.5) is 0 Å². The predicted molar refractivity (Wildman–Crippen MR) is 99.4 cm³/mol. The summed E-state index contributed by atoms with van der Waals surface area (Å²) < 4.78 is 6.73. The molecule has 0 unspecified atom stereocenters. The monoisotopic (exact) mass is 414 g/mol. The van der Waals surface area contributed by atoms with Gasteiger partial charge in [0.25, 0.3) is 0 Å². The van der Waals surface area contributed by atoms with Crippen LogP contribution >= 0.6 is 22.6 Å². The molecule has 0 bridgehead atoms. The maximum Gasteiger partial charge on any atom is 0.0702 e. The molecule has 2 aliphatic rings. The average Bonchev–Trinajstić information content (AvgIpc) is 2.40. The van der Waals surface area contributed by atoms with E-state index in [0.29, 0.717) is 6.10 Å². The largest absolute Gasteiger partial charge is 0.392 e. The van der Waals surface area contributed by atoms with Gasteiger partial charge in [0.15, 0.2) is 0 Å². The van der Waals surface area contributed by atoms with E-state index >= 15 is 0 Å². The molecule has 2 fully saturated rings. The fraction of sp³-hybridized carbons (Fsp3) is 1.00. The SMILES string of the molecule is CCI.CCO[C@@H]1CCCN(C)C1.CN1CCC[C@@H](O)C1. The van der Waals surface area contributed by atoms with E-state index in [2.05, 4.69) is 53.3 Å². The zero-order chi connectivity index (χ0) is 16.1. The second-order valence-electron chi connectivity index (χ2n) is 5.81. The molecule has 0 radical (unpaired) electrons. The van der Waals surface area contributed by atoms with Crippen molar-refractivity contribution in [1.29, 1.82) is 0 Å². The summed E-state index contributed by atoms with van der Waals surface area (Å²) in [4.78, 5) is 4.50. The van der Waals surface area contributed by atoms with Gasteiger partial charge in [-0.2, -0.15) is 0 Å². The van der Waals surface area contributed by atoms with Gasteiger partial charge in [-0.3, -0.25) is 0 Å². The molecule has 1 N–H and O–H groups in total. The molecule has 4 nitrogen and oxygen atoms in total. The van der Waals surface area contributed by atoms with E-state index in [1.165, 1.54) is 23.8 Å². The lowest BCUT2D eigenvalue weighted by Gasteiger charge is -2.29. The van der Waals surface area contributed by atoms with Gasteiger partial charge in [0.1, 0.15) is 0 Å². The van der Waals surface area contributed by atoms with Crippen molar-refractivity contribution >= 4 is 22.6 Å². The van der Waals surface area contributed by atoms with Crippen molar-refractivity contribution in [3.8, 4) is 0 Å². The Kier molecular flexibility index (Phi) is 14.6. The summed E-state index contributed by atoms with van der Waals surface area (Å²) in [5.41, 5.74) is 0. The van der Waals surface area contributed by atoms with Crippen molar-refractivity contribution in [1.82, 2.24) is 9.80 Å². The molecular weight excluding hydrogens is 379 g/mol. The number of ether oxygens (including phenoxy) is 1. The number of rotatable bonds is 2. The summed E-state index contributed by atoms with van der Waals surface area (Å²) >= 11 is 2.29. The smallest absolute Gasteiger partial charge is 0.0702 e. The fourth-order valence-corrected chi connectivity index (χ4v) is 2.63. The van der Waals surface area contributed by atoms with Crippen molar-refractivity contribution in [3.63, 3.8) is 0 Å². The third-order valence-corrected chi connectivity index (χ3v) is 3.58. The van der Waals surface area contributed by atoms with Gasteiger partial charge in [-0.15, -0.1) is 0 Å². The summed E-state index contributed by atoms with van der Waals surface area (Å²) in [6.45, 7) is 9.40. The van der Waals surface area contributed by atoms with Gasteiger partial charge in [-0.05, 0) is 64.2 Å². The molecule has 21 heavy (non-hydrogen) atoms. The van der Waals surface area contributed by atoms with E-state index in [-0.39, 0.29) is 6.10 Å². The van der Waals surface area contributed by atoms with Crippen molar-refractivity contribution in [2.45, 2.75) is 51.7 Å². The molecule has 0 spiro atoms. The molecular formula is C16H35IN2O2. The Morgan fingerprint density at radius 1 is 1.05 bits per heavy atom. The van der Waals surface area contributed by atoms with Crippen LogP contribution in [0.25, 0.3) is 0 Å². The highest BCUT2D eigenvalue weighted by Gasteiger charge is 2.16. The van der Waals surface area contributed by atoms with Crippen LogP contribution in [0.2, 0.25) is 0 Å². The van der Waals surface area contributed by atoms with Crippen LogP contribution in [0.15, 0.2) is 0 Å². The number of aliphatic hydroxyl groups is 1. The van der Waals surface area contributed by atoms with Crippen molar-refractivity contribution in [2.24, 2.45) is 0 Å². The number of halogens is 1. The van der Waals surface area contributed by atoms with Gasteiger partial charge >= 0.3 is 0 Å². The molecule has 128 valence electrons. The molecule has 2 rings (SSSR count). The number of nitrogens with zero attached hydrogens (tertiary/aromatic N) is 2. The minimum Gasteiger partial charge on any atom is -0.392 e. The van der Waals surface area contributed by atoms with E-state index in [9.17, 15) is 0 Å². The third kappa shape index (κ3) is 12.8. The summed E-state index contributed by atoms with van der Waals surface area (Å²) in [5.74, 6) is 0. The molecule has 0 amide bonds. The van der Waals surface area contributed by atoms with Crippen LogP contribution in [0.3, 0.4) is 0 Å². The molecule has 5 heteroatoms. The molecule has 2 aliphatic heterocycles. The average molecular weight is 414 g/mol. The number of likely N-dealkylation sites (tertiary alicyclic amines) is 2. The van der Waals surface area contributed by atoms with E-state index in [0.717, 1.165) is 39.1 Å². The lowest BCUT2D eigenvalue weighted by molar-refractivity contribution is 0.0133. The molecule has 0 aromatic heterocycles. The first-order chi connectivity index (χ1) is 10.0. The Morgan fingerprint density at radius 2 is 1.57 bits per heavy atom. The van der Waals surface area contributed by atoms with Crippen LogP contribution in [-0.2, 0) is 4.74 Å². The summed E-state index contributed by atoms with van der Waals surface area (Å²) in [7, 11) is 4.20. The minimum absolute atomic E-state index is 0.0613. The number of piperidine rings is 2. The van der Waals surface area contributed by atoms with Gasteiger partial charge in [-0.25, -0.2) is 0 Å². The minimum atomic E-state index is -0.0613. The molecule has 0 aliphatic carbocycles. The number of alkyl halides is 1. The second kappa shape index (κ2) is 14.2. The highest BCUT2D eigenvalue weighted by molar-refractivity contribution is 14.1. The van der Waals surface area contributed by atoms with Crippen molar-refractivity contribution in [2.75, 3.05) is 51.3 Å². The Balaban J connectivity index is 0.000000327. The lowest BCUT2D eigenvalue weighted by atomic mass is 10.1. The third-order valence-electron chi connectivity index (χ3n) is 3.58. The fourth-order valence-electron chi connectivity index (χ4n) is 2.63. The number of hydrogen-bond acceptors (Lipinski definition) is 4. The van der Waals surface area contributed by atoms with E-state index in [1.54, 1.807) is 0 Å². The van der Waals surface area contributed by atoms with Gasteiger partial charge in [0, 0.05) is 19.7 Å². The molecule has 0 saturated carbocycles. The van der Waals surface area contributed by atoms with Gasteiger partial charge < -0.3 is 19.6 Å². The maximum absolute atomic E-state index is 9.04. The quantitative estimate of drug-likeness (QED) is 0.557. The highest BCUT2D eigenvalue weighted by Crippen LogP contribution is 2.10. The van der Waals surface area contributed by atoms with E-state index in [1.807, 2.05) is 7.05 Å². The zero-order valence-corrected chi connectivity index (χ0v) is 16.5. The number of β-amino-alcohol motifs (C(OH)–C–C–N with tert-alkyl or cyclic N) is 1. The van der Waals surface area contributed by atoms with Crippen LogP contribution in [0, 0.1) is 0 Å². The zero-order valence-electron chi connectivity index (χ0n) is 14.4. The van der Waals surface area contributed by atoms with Crippen LogP contribution in [0.1, 0.15) is 39.5 Å². The molecule has 2 atom stereocenters. The van der Waals surface area contributed by atoms with Gasteiger partial charge in [0.05, 0.1) is 12.2 Å². The molecule has 0 aromatic carbocycles. The van der Waals surface area contributed by atoms with Crippen molar-refractivity contribution in [3.05, 3.63) is 0 Å². The normalized spacial score (nSPS) is 27.1. The first-order valence-electron chi connectivity index (χ1n) is 8.26. The highest BCUT2D eigenvalue weighted by atomic mass is 127. The maximum atomic E-state index is 9.04. The molecule has 2 saturated heterocycles. The Hall–Kier alpha value is 0.570. The van der Waals surface area contributed by atoms with Crippen molar-refractivity contribution < 1.29 is 9.84 Å². The number of likely N-dealkylation sites (N-methyl/N-ethyl adjacent to an activating group) is 2. The lowest BCUT2D eigenvalue weighted by Crippen LogP contribution is -2.36. The standard InChI is InChI=1S/C8H17NO.C6H13NO.C2H5I/c1-3-10-8-5-4-6-9(2)7-8;1-7-4-2-3-6(8)5-7;1-2-3/h8H,3-7H2,1-2H3;6,8H,2-5H2,1H3;2H2,1H3/t8-;6-;/m11./s1. The Bertz CT molecular complexity index is 222. The van der Waals surface area contributed by atoms with E-state index in [4.69, 9.17) is 9.84 Å². The predicted octanol–water partition coefficient (Wildman–Crippen LogP) is 2.63. The first-order valence-corrected chi connectivity index (χ1v) is 9.78. The summed E-state index contributed by atoms with van der Waals surface area (Å²) in [6, 6.07) is 0. The van der Waals surface area contributed by atoms with Gasteiger partial charge in [0.2, 0.25) is 0 Å². The van der Waals surface area contributed by atoms with Crippen LogP contribution in [0.5, 0.6) is 0 Å². The van der Waals surface area contributed by atoms with E-state index < -0.39 is 0 Å². The molecule has 0 aromatic rings. The molecule has 2 heterocycles. The second-order valence-corrected chi connectivity index (χ2v) is 7.33. The van der Waals surface area contributed by atoms with Crippen LogP contribution < -0.4 is 0 Å². The first kappa shape index (κ1) is 21.6. The van der Waals surface area contributed by atoms with Gasteiger partial charge in [-0.1, -0.05) is 29.5 Å². The summed E-state index contributed by atoms with van der Waals surface area (Å²) in [6.07, 6.45) is 5.12. The number of aliphatic hydroxyl groups excluding tert-OH is 1. The Morgan fingerprint density at radius 3 is 1.95 bits per heavy atom. The topological polar surface area (TPSA) is 35.9 Å².